The lowest BCUT2D eigenvalue weighted by atomic mass is 10.2. The number of fused-ring (bicyclic) bond motifs is 1. The minimum atomic E-state index is -0.435. The standard InChI is InChI=1S/C11H13BrN2O/c1-7(13)11(15)14-5-4-8-2-3-9(12)6-10(8)14/h2-3,6-7H,4-5,13H2,1H3/t7-/m0/s1. The molecule has 0 saturated carbocycles. The third kappa shape index (κ3) is 1.92. The summed E-state index contributed by atoms with van der Waals surface area (Å²) in [7, 11) is 0. The van der Waals surface area contributed by atoms with Gasteiger partial charge < -0.3 is 10.6 Å². The number of nitrogens with two attached hydrogens (primary N) is 1. The van der Waals surface area contributed by atoms with Crippen molar-refractivity contribution in [2.75, 3.05) is 11.4 Å². The molecule has 0 spiro atoms. The molecule has 1 heterocycles. The molecule has 4 heteroatoms. The largest absolute Gasteiger partial charge is 0.320 e. The molecular weight excluding hydrogens is 256 g/mol. The van der Waals surface area contributed by atoms with Gasteiger partial charge in [0.05, 0.1) is 6.04 Å². The molecule has 0 aliphatic carbocycles. The number of nitrogens with zero attached hydrogens (tertiary/aromatic N) is 1. The zero-order chi connectivity index (χ0) is 11.0. The molecule has 0 fully saturated rings. The number of hydrogen-bond acceptors (Lipinski definition) is 2. The summed E-state index contributed by atoms with van der Waals surface area (Å²) in [5.41, 5.74) is 7.82. The maximum Gasteiger partial charge on any atom is 0.243 e. The Bertz CT molecular complexity index is 404. The molecule has 0 radical (unpaired) electrons. The summed E-state index contributed by atoms with van der Waals surface area (Å²) in [5, 5.41) is 0. The highest BCUT2D eigenvalue weighted by Gasteiger charge is 2.26. The Labute approximate surface area is 97.4 Å². The predicted octanol–water partition coefficient (Wildman–Crippen LogP) is 1.69. The van der Waals surface area contributed by atoms with E-state index in [4.69, 9.17) is 5.73 Å². The molecule has 0 unspecified atom stereocenters. The molecule has 1 aromatic carbocycles. The van der Waals surface area contributed by atoms with Crippen molar-refractivity contribution in [1.82, 2.24) is 0 Å². The SMILES string of the molecule is C[C@H](N)C(=O)N1CCc2ccc(Br)cc21. The number of anilines is 1. The van der Waals surface area contributed by atoms with E-state index in [2.05, 4.69) is 15.9 Å². The van der Waals surface area contributed by atoms with Crippen molar-refractivity contribution in [3.63, 3.8) is 0 Å². The van der Waals surface area contributed by atoms with Crippen LogP contribution in [0.4, 0.5) is 5.69 Å². The lowest BCUT2D eigenvalue weighted by Gasteiger charge is -2.19. The van der Waals surface area contributed by atoms with Crippen molar-refractivity contribution in [1.29, 1.82) is 0 Å². The minimum Gasteiger partial charge on any atom is -0.320 e. The zero-order valence-corrected chi connectivity index (χ0v) is 10.1. The van der Waals surface area contributed by atoms with Crippen LogP contribution in [0.15, 0.2) is 22.7 Å². The van der Waals surface area contributed by atoms with Crippen LogP contribution in [0.2, 0.25) is 0 Å². The Hall–Kier alpha value is -0.870. The van der Waals surface area contributed by atoms with Crippen LogP contribution in [0.5, 0.6) is 0 Å². The Morgan fingerprint density at radius 1 is 1.60 bits per heavy atom. The third-order valence-electron chi connectivity index (χ3n) is 2.60. The van der Waals surface area contributed by atoms with E-state index in [1.54, 1.807) is 11.8 Å². The van der Waals surface area contributed by atoms with Crippen LogP contribution in [-0.2, 0) is 11.2 Å². The van der Waals surface area contributed by atoms with Gasteiger partial charge in [0.1, 0.15) is 0 Å². The van der Waals surface area contributed by atoms with E-state index in [1.165, 1.54) is 5.56 Å². The van der Waals surface area contributed by atoms with E-state index in [0.29, 0.717) is 0 Å². The zero-order valence-electron chi connectivity index (χ0n) is 8.53. The fraction of sp³-hybridized carbons (Fsp3) is 0.364. The second kappa shape index (κ2) is 3.94. The van der Waals surface area contributed by atoms with Gasteiger partial charge in [0, 0.05) is 16.7 Å². The van der Waals surface area contributed by atoms with Crippen molar-refractivity contribution in [3.05, 3.63) is 28.2 Å². The quantitative estimate of drug-likeness (QED) is 0.843. The van der Waals surface area contributed by atoms with E-state index in [1.807, 2.05) is 18.2 Å². The molecule has 15 heavy (non-hydrogen) atoms. The van der Waals surface area contributed by atoms with Crippen LogP contribution in [0, 0.1) is 0 Å². The van der Waals surface area contributed by atoms with Crippen molar-refractivity contribution in [2.45, 2.75) is 19.4 Å². The maximum absolute atomic E-state index is 11.8. The molecule has 0 saturated heterocycles. The number of hydrogen-bond donors (Lipinski definition) is 1. The van der Waals surface area contributed by atoms with Crippen LogP contribution in [0.3, 0.4) is 0 Å². The minimum absolute atomic E-state index is 0.00755. The number of benzene rings is 1. The van der Waals surface area contributed by atoms with Gasteiger partial charge in [-0.1, -0.05) is 22.0 Å². The highest BCUT2D eigenvalue weighted by molar-refractivity contribution is 9.10. The molecule has 0 aromatic heterocycles. The van der Waals surface area contributed by atoms with Gasteiger partial charge in [-0.05, 0) is 31.0 Å². The van der Waals surface area contributed by atoms with Gasteiger partial charge >= 0.3 is 0 Å². The first-order valence-corrected chi connectivity index (χ1v) is 5.74. The Balaban J connectivity index is 2.35. The third-order valence-corrected chi connectivity index (χ3v) is 3.09. The predicted molar refractivity (Wildman–Crippen MR) is 63.8 cm³/mol. The summed E-state index contributed by atoms with van der Waals surface area (Å²) in [5.74, 6) is -0.00755. The fourth-order valence-electron chi connectivity index (χ4n) is 1.83. The molecule has 3 nitrogen and oxygen atoms in total. The van der Waals surface area contributed by atoms with E-state index in [-0.39, 0.29) is 5.91 Å². The molecule has 1 atom stereocenters. The van der Waals surface area contributed by atoms with Crippen LogP contribution in [0.1, 0.15) is 12.5 Å². The summed E-state index contributed by atoms with van der Waals surface area (Å²) in [6, 6.07) is 5.59. The summed E-state index contributed by atoms with van der Waals surface area (Å²) >= 11 is 3.41. The van der Waals surface area contributed by atoms with Crippen LogP contribution < -0.4 is 10.6 Å². The second-order valence-corrected chi connectivity index (χ2v) is 4.72. The van der Waals surface area contributed by atoms with Crippen LogP contribution in [-0.4, -0.2) is 18.5 Å². The topological polar surface area (TPSA) is 46.3 Å². The molecule has 0 bridgehead atoms. The maximum atomic E-state index is 11.8. The first-order chi connectivity index (χ1) is 7.09. The Morgan fingerprint density at radius 3 is 3.00 bits per heavy atom. The van der Waals surface area contributed by atoms with Gasteiger partial charge in [-0.25, -0.2) is 0 Å². The first-order valence-electron chi connectivity index (χ1n) is 4.95. The average Bonchev–Trinajstić information content (AvgIpc) is 2.59. The summed E-state index contributed by atoms with van der Waals surface area (Å²) in [6.45, 7) is 2.46. The van der Waals surface area contributed by atoms with E-state index in [9.17, 15) is 4.79 Å². The second-order valence-electron chi connectivity index (χ2n) is 3.80. The number of amides is 1. The molecule has 1 aliphatic heterocycles. The molecule has 1 aromatic rings. The van der Waals surface area contributed by atoms with Crippen molar-refractivity contribution in [3.8, 4) is 0 Å². The molecule has 2 N–H and O–H groups in total. The van der Waals surface area contributed by atoms with Crippen LogP contribution >= 0.6 is 15.9 Å². The highest BCUT2D eigenvalue weighted by atomic mass is 79.9. The van der Waals surface area contributed by atoms with Crippen molar-refractivity contribution < 1.29 is 4.79 Å². The smallest absolute Gasteiger partial charge is 0.243 e. The summed E-state index contributed by atoms with van der Waals surface area (Å²) in [4.78, 5) is 13.6. The average molecular weight is 269 g/mol. The van der Waals surface area contributed by atoms with Gasteiger partial charge in [-0.2, -0.15) is 0 Å². The molecule has 1 aliphatic rings. The fourth-order valence-corrected chi connectivity index (χ4v) is 2.18. The Kier molecular flexibility index (Phi) is 2.80. The van der Waals surface area contributed by atoms with Gasteiger partial charge in [-0.3, -0.25) is 4.79 Å². The lowest BCUT2D eigenvalue weighted by Crippen LogP contribution is -2.41. The van der Waals surface area contributed by atoms with Crippen molar-refractivity contribution >= 4 is 27.5 Å². The number of carbonyl (C=O) groups is 1. The summed E-state index contributed by atoms with van der Waals surface area (Å²) in [6.07, 6.45) is 0.918. The highest BCUT2D eigenvalue weighted by Crippen LogP contribution is 2.31. The molecule has 2 rings (SSSR count). The molecule has 80 valence electrons. The first kappa shape index (κ1) is 10.6. The number of halogens is 1. The van der Waals surface area contributed by atoms with Gasteiger partial charge in [0.2, 0.25) is 5.91 Å². The molecular formula is C11H13BrN2O. The van der Waals surface area contributed by atoms with Crippen molar-refractivity contribution in [2.24, 2.45) is 5.73 Å². The van der Waals surface area contributed by atoms with Gasteiger partial charge in [-0.15, -0.1) is 0 Å². The van der Waals surface area contributed by atoms with Gasteiger partial charge in [0.25, 0.3) is 0 Å². The van der Waals surface area contributed by atoms with Gasteiger partial charge in [0.15, 0.2) is 0 Å². The van der Waals surface area contributed by atoms with E-state index in [0.717, 1.165) is 23.1 Å². The monoisotopic (exact) mass is 268 g/mol. The Morgan fingerprint density at radius 2 is 2.33 bits per heavy atom. The van der Waals surface area contributed by atoms with E-state index < -0.39 is 6.04 Å². The molecule has 1 amide bonds. The summed E-state index contributed by atoms with van der Waals surface area (Å²) < 4.78 is 0.991. The normalized spacial score (nSPS) is 16.3. The number of carbonyl (C=O) groups excluding carboxylic acids is 1. The van der Waals surface area contributed by atoms with Crippen LogP contribution in [0.25, 0.3) is 0 Å². The number of rotatable bonds is 1. The lowest BCUT2D eigenvalue weighted by molar-refractivity contribution is -0.119. The van der Waals surface area contributed by atoms with E-state index >= 15 is 0 Å².